The number of nitrogens with zero attached hydrogens (tertiary/aromatic N) is 3. The first kappa shape index (κ1) is 32.2. The molecule has 4 heteroatoms. The molecule has 0 unspecified atom stereocenters. The molecule has 0 fully saturated rings. The van der Waals surface area contributed by atoms with E-state index in [4.69, 9.17) is 19.4 Å². The Labute approximate surface area is 319 Å². The van der Waals surface area contributed by atoms with E-state index in [1.807, 2.05) is 36.4 Å². The number of aromatic nitrogens is 3. The van der Waals surface area contributed by atoms with E-state index < -0.39 is 0 Å². The third-order valence-electron chi connectivity index (χ3n) is 10.2. The Balaban J connectivity index is 1.03. The average Bonchev–Trinajstić information content (AvgIpc) is 3.66. The van der Waals surface area contributed by atoms with Crippen LogP contribution in [0.15, 0.2) is 205 Å². The van der Waals surface area contributed by atoms with Gasteiger partial charge in [0, 0.05) is 27.5 Å². The topological polar surface area (TPSA) is 51.8 Å². The lowest BCUT2D eigenvalue weighted by molar-refractivity contribution is 0.669. The molecule has 0 aliphatic rings. The van der Waals surface area contributed by atoms with Crippen molar-refractivity contribution in [1.29, 1.82) is 0 Å². The molecule has 0 atom stereocenters. The number of fused-ring (bicyclic) bond motifs is 3. The van der Waals surface area contributed by atoms with Gasteiger partial charge in [-0.15, -0.1) is 0 Å². The van der Waals surface area contributed by atoms with Crippen molar-refractivity contribution in [3.8, 4) is 78.7 Å². The van der Waals surface area contributed by atoms with Crippen LogP contribution in [0.25, 0.3) is 101 Å². The maximum Gasteiger partial charge on any atom is 0.164 e. The molecular weight excluding hydrogens is 671 g/mol. The molecule has 0 N–H and O–H groups in total. The molecular formula is C51H33N3O. The van der Waals surface area contributed by atoms with E-state index in [0.717, 1.165) is 83.1 Å². The summed E-state index contributed by atoms with van der Waals surface area (Å²) in [5.41, 5.74) is 13.6. The molecule has 4 nitrogen and oxygen atoms in total. The van der Waals surface area contributed by atoms with Crippen molar-refractivity contribution in [2.75, 3.05) is 0 Å². The van der Waals surface area contributed by atoms with Gasteiger partial charge in [0.15, 0.2) is 17.5 Å². The molecule has 55 heavy (non-hydrogen) atoms. The molecule has 258 valence electrons. The molecule has 0 radical (unpaired) electrons. The molecule has 0 aliphatic heterocycles. The van der Waals surface area contributed by atoms with Gasteiger partial charge in [-0.25, -0.2) is 15.0 Å². The van der Waals surface area contributed by atoms with Crippen molar-refractivity contribution in [3.05, 3.63) is 200 Å². The van der Waals surface area contributed by atoms with E-state index in [1.54, 1.807) is 0 Å². The van der Waals surface area contributed by atoms with E-state index in [2.05, 4.69) is 164 Å². The molecule has 10 rings (SSSR count). The predicted octanol–water partition coefficient (Wildman–Crippen LogP) is 13.4. The lowest BCUT2D eigenvalue weighted by atomic mass is 9.96. The van der Waals surface area contributed by atoms with Gasteiger partial charge < -0.3 is 4.42 Å². The second-order valence-corrected chi connectivity index (χ2v) is 13.6. The minimum Gasteiger partial charge on any atom is -0.456 e. The van der Waals surface area contributed by atoms with Crippen LogP contribution in [0.3, 0.4) is 0 Å². The van der Waals surface area contributed by atoms with Gasteiger partial charge in [0.05, 0.1) is 0 Å². The summed E-state index contributed by atoms with van der Waals surface area (Å²) in [5, 5.41) is 2.27. The van der Waals surface area contributed by atoms with Gasteiger partial charge in [0.1, 0.15) is 11.2 Å². The van der Waals surface area contributed by atoms with Gasteiger partial charge in [-0.05, 0) is 62.7 Å². The Hall–Kier alpha value is -7.43. The highest BCUT2D eigenvalue weighted by molar-refractivity contribution is 6.12. The van der Waals surface area contributed by atoms with Crippen LogP contribution in [0.2, 0.25) is 0 Å². The summed E-state index contributed by atoms with van der Waals surface area (Å²) in [5.74, 6) is 1.88. The standard InChI is InChI=1S/C51H33N3O/c1-3-13-34(14-4-1)40-17-11-18-41(33-40)50-52-49(53-51(54-50)44-20-8-7-19-42(44)37-15-5-2-6-16-37)39-31-27-36(28-32-39)35-25-29-38(30-26-35)43-22-12-24-47-48(43)45-21-9-10-23-46(45)55-47/h1-33H. The van der Waals surface area contributed by atoms with E-state index in [1.165, 1.54) is 0 Å². The summed E-state index contributed by atoms with van der Waals surface area (Å²) in [6, 6.07) is 69.3. The molecule has 0 spiro atoms. The van der Waals surface area contributed by atoms with Crippen molar-refractivity contribution in [2.45, 2.75) is 0 Å². The fraction of sp³-hybridized carbons (Fsp3) is 0. The van der Waals surface area contributed by atoms with Gasteiger partial charge in [0.2, 0.25) is 0 Å². The first-order chi connectivity index (χ1) is 27.2. The van der Waals surface area contributed by atoms with Crippen LogP contribution < -0.4 is 0 Å². The Morgan fingerprint density at radius 1 is 0.273 bits per heavy atom. The molecule has 0 aliphatic carbocycles. The predicted molar refractivity (Wildman–Crippen MR) is 225 cm³/mol. The van der Waals surface area contributed by atoms with E-state index >= 15 is 0 Å². The lowest BCUT2D eigenvalue weighted by Gasteiger charge is -2.13. The summed E-state index contributed by atoms with van der Waals surface area (Å²) in [7, 11) is 0. The van der Waals surface area contributed by atoms with Gasteiger partial charge >= 0.3 is 0 Å². The highest BCUT2D eigenvalue weighted by Crippen LogP contribution is 2.38. The second-order valence-electron chi connectivity index (χ2n) is 13.6. The van der Waals surface area contributed by atoms with E-state index in [-0.39, 0.29) is 0 Å². The van der Waals surface area contributed by atoms with Crippen molar-refractivity contribution in [2.24, 2.45) is 0 Å². The van der Waals surface area contributed by atoms with Crippen molar-refractivity contribution < 1.29 is 4.42 Å². The van der Waals surface area contributed by atoms with Gasteiger partial charge in [-0.3, -0.25) is 0 Å². The molecule has 2 aromatic heterocycles. The van der Waals surface area contributed by atoms with Crippen LogP contribution in [0, 0.1) is 0 Å². The molecule has 0 amide bonds. The zero-order valence-corrected chi connectivity index (χ0v) is 29.8. The molecule has 10 aromatic rings. The summed E-state index contributed by atoms with van der Waals surface area (Å²) >= 11 is 0. The monoisotopic (exact) mass is 703 g/mol. The SMILES string of the molecule is c1ccc(-c2cccc(-c3nc(-c4ccc(-c5ccc(-c6cccc7oc8ccccc8c67)cc5)cc4)nc(-c4ccccc4-c4ccccc4)n3)c2)cc1. The van der Waals surface area contributed by atoms with Crippen LogP contribution in [-0.4, -0.2) is 15.0 Å². The van der Waals surface area contributed by atoms with Crippen LogP contribution in [0.5, 0.6) is 0 Å². The summed E-state index contributed by atoms with van der Waals surface area (Å²) in [6.07, 6.45) is 0. The molecule has 0 saturated heterocycles. The van der Waals surface area contributed by atoms with Crippen LogP contribution in [0.4, 0.5) is 0 Å². The summed E-state index contributed by atoms with van der Waals surface area (Å²) in [4.78, 5) is 15.3. The first-order valence-electron chi connectivity index (χ1n) is 18.4. The van der Waals surface area contributed by atoms with Gasteiger partial charge in [0.25, 0.3) is 0 Å². The lowest BCUT2D eigenvalue weighted by Crippen LogP contribution is -2.01. The highest BCUT2D eigenvalue weighted by Gasteiger charge is 2.17. The maximum atomic E-state index is 6.16. The Kier molecular flexibility index (Phi) is 8.12. The zero-order chi connectivity index (χ0) is 36.6. The second kappa shape index (κ2) is 13.8. The van der Waals surface area contributed by atoms with Crippen LogP contribution in [-0.2, 0) is 0 Å². The number of hydrogen-bond donors (Lipinski definition) is 0. The van der Waals surface area contributed by atoms with Crippen LogP contribution >= 0.6 is 0 Å². The number of furan rings is 1. The van der Waals surface area contributed by atoms with Crippen molar-refractivity contribution >= 4 is 21.9 Å². The van der Waals surface area contributed by atoms with Crippen LogP contribution in [0.1, 0.15) is 0 Å². The third-order valence-corrected chi connectivity index (χ3v) is 10.2. The molecule has 8 aromatic carbocycles. The number of para-hydroxylation sites is 1. The third kappa shape index (κ3) is 6.16. The molecule has 0 bridgehead atoms. The van der Waals surface area contributed by atoms with Gasteiger partial charge in [-0.2, -0.15) is 0 Å². The fourth-order valence-electron chi connectivity index (χ4n) is 7.44. The number of benzene rings is 8. The number of rotatable bonds is 7. The normalized spacial score (nSPS) is 11.3. The Morgan fingerprint density at radius 2 is 0.727 bits per heavy atom. The fourth-order valence-corrected chi connectivity index (χ4v) is 7.44. The highest BCUT2D eigenvalue weighted by atomic mass is 16.3. The summed E-state index contributed by atoms with van der Waals surface area (Å²) < 4.78 is 6.16. The maximum absolute atomic E-state index is 6.16. The minimum absolute atomic E-state index is 0.621. The average molecular weight is 704 g/mol. The Morgan fingerprint density at radius 3 is 1.47 bits per heavy atom. The first-order valence-corrected chi connectivity index (χ1v) is 18.4. The van der Waals surface area contributed by atoms with Gasteiger partial charge in [-0.1, -0.05) is 182 Å². The Bertz CT molecular complexity index is 2950. The van der Waals surface area contributed by atoms with Crippen molar-refractivity contribution in [3.63, 3.8) is 0 Å². The van der Waals surface area contributed by atoms with E-state index in [0.29, 0.717) is 17.5 Å². The quantitative estimate of drug-likeness (QED) is 0.166. The minimum atomic E-state index is 0.621. The largest absolute Gasteiger partial charge is 0.456 e. The van der Waals surface area contributed by atoms with E-state index in [9.17, 15) is 0 Å². The van der Waals surface area contributed by atoms with Crippen molar-refractivity contribution in [1.82, 2.24) is 15.0 Å². The summed E-state index contributed by atoms with van der Waals surface area (Å²) in [6.45, 7) is 0. The zero-order valence-electron chi connectivity index (χ0n) is 29.8. The smallest absolute Gasteiger partial charge is 0.164 e. The molecule has 0 saturated carbocycles. The molecule has 2 heterocycles. The number of hydrogen-bond acceptors (Lipinski definition) is 4.